The molecule has 1 aromatic heterocycles. The Morgan fingerprint density at radius 3 is 2.42 bits per heavy atom. The summed E-state index contributed by atoms with van der Waals surface area (Å²) in [5, 5.41) is 0. The number of nitrogens with two attached hydrogens (primary N) is 1. The molecule has 3 N–H and O–H groups in total. The molecule has 2 aliphatic rings. The van der Waals surface area contributed by atoms with Crippen LogP contribution in [0.1, 0.15) is 34.6 Å². The standard InChI is InChI=1S/C27H26F4N4O5/c28-26(14-38-15-26)25-33-13-21(34-25)17-3-6-22(20(12-17)24(32)37)39-18-7-9-35(10-8-18)23(36)11-16-1-4-19(5-2-16)40-27(29,30)31/h1-6,12-13,18H,7-11,14-15H2,(H2,32,37)(H,33,34). The number of aromatic amines is 1. The Labute approximate surface area is 226 Å². The van der Waals surface area contributed by atoms with E-state index in [0.717, 1.165) is 0 Å². The summed E-state index contributed by atoms with van der Waals surface area (Å²) in [6, 6.07) is 10.1. The molecular weight excluding hydrogens is 536 g/mol. The van der Waals surface area contributed by atoms with Crippen LogP contribution >= 0.6 is 0 Å². The van der Waals surface area contributed by atoms with Gasteiger partial charge in [0, 0.05) is 31.5 Å². The van der Waals surface area contributed by atoms with Gasteiger partial charge in [0.15, 0.2) is 0 Å². The largest absolute Gasteiger partial charge is 0.573 e. The molecule has 13 heteroatoms. The summed E-state index contributed by atoms with van der Waals surface area (Å²) in [6.45, 7) is 0.678. The van der Waals surface area contributed by atoms with Gasteiger partial charge < -0.3 is 29.8 Å². The first kappa shape index (κ1) is 27.4. The van der Waals surface area contributed by atoms with Gasteiger partial charge in [-0.1, -0.05) is 12.1 Å². The third-order valence-corrected chi connectivity index (χ3v) is 6.82. The van der Waals surface area contributed by atoms with Crippen LogP contribution in [0.15, 0.2) is 48.7 Å². The van der Waals surface area contributed by atoms with E-state index >= 15 is 0 Å². The Hall–Kier alpha value is -4.13. The molecule has 2 fully saturated rings. The predicted octanol–water partition coefficient (Wildman–Crippen LogP) is 3.88. The average molecular weight is 563 g/mol. The molecule has 3 aromatic rings. The molecule has 2 aromatic carbocycles. The summed E-state index contributed by atoms with van der Waals surface area (Å²) in [5.41, 5.74) is 5.78. The topological polar surface area (TPSA) is 120 Å². The number of imidazole rings is 1. The van der Waals surface area contributed by atoms with E-state index in [9.17, 15) is 27.2 Å². The Bertz CT molecular complexity index is 1380. The fourth-order valence-corrected chi connectivity index (χ4v) is 4.60. The van der Waals surface area contributed by atoms with Gasteiger partial charge in [0.1, 0.15) is 23.4 Å². The molecule has 40 heavy (non-hydrogen) atoms. The summed E-state index contributed by atoms with van der Waals surface area (Å²) in [6.07, 6.45) is -2.51. The van der Waals surface area contributed by atoms with Crippen LogP contribution in [0.25, 0.3) is 11.3 Å². The van der Waals surface area contributed by atoms with Gasteiger partial charge in [-0.05, 0) is 35.9 Å². The Balaban J connectivity index is 1.17. The van der Waals surface area contributed by atoms with Gasteiger partial charge in [-0.2, -0.15) is 0 Å². The van der Waals surface area contributed by atoms with Gasteiger partial charge in [0.2, 0.25) is 11.6 Å². The second-order valence-electron chi connectivity index (χ2n) is 9.75. The number of rotatable bonds is 8. The first-order chi connectivity index (χ1) is 19.0. The van der Waals surface area contributed by atoms with Crippen molar-refractivity contribution in [1.29, 1.82) is 0 Å². The Morgan fingerprint density at radius 2 is 1.82 bits per heavy atom. The van der Waals surface area contributed by atoms with E-state index in [1.807, 2.05) is 0 Å². The fourth-order valence-electron chi connectivity index (χ4n) is 4.60. The number of piperidine rings is 1. The lowest BCUT2D eigenvalue weighted by Gasteiger charge is -2.32. The zero-order valence-corrected chi connectivity index (χ0v) is 21.2. The lowest BCUT2D eigenvalue weighted by atomic mass is 10.0. The predicted molar refractivity (Wildman–Crippen MR) is 133 cm³/mol. The highest BCUT2D eigenvalue weighted by Gasteiger charge is 2.43. The molecule has 0 bridgehead atoms. The number of halogens is 4. The second-order valence-corrected chi connectivity index (χ2v) is 9.75. The van der Waals surface area contributed by atoms with Crippen molar-refractivity contribution in [1.82, 2.24) is 14.9 Å². The third kappa shape index (κ3) is 6.19. The highest BCUT2D eigenvalue weighted by molar-refractivity contribution is 5.97. The van der Waals surface area contributed by atoms with Crippen molar-refractivity contribution in [2.75, 3.05) is 26.3 Å². The van der Waals surface area contributed by atoms with Crippen molar-refractivity contribution in [2.24, 2.45) is 5.73 Å². The Morgan fingerprint density at radius 1 is 1.12 bits per heavy atom. The number of likely N-dealkylation sites (tertiary alicyclic amines) is 1. The van der Waals surface area contributed by atoms with Gasteiger partial charge in [0.25, 0.3) is 5.91 Å². The molecule has 2 aliphatic heterocycles. The van der Waals surface area contributed by atoms with Gasteiger partial charge in [-0.3, -0.25) is 9.59 Å². The van der Waals surface area contributed by atoms with Crippen LogP contribution in [0, 0.1) is 0 Å². The smallest absolute Gasteiger partial charge is 0.489 e. The molecule has 2 amide bonds. The van der Waals surface area contributed by atoms with Crippen molar-refractivity contribution >= 4 is 11.8 Å². The monoisotopic (exact) mass is 562 g/mol. The number of hydrogen-bond donors (Lipinski definition) is 2. The zero-order valence-electron chi connectivity index (χ0n) is 21.2. The third-order valence-electron chi connectivity index (χ3n) is 6.82. The number of alkyl halides is 4. The summed E-state index contributed by atoms with van der Waals surface area (Å²) in [7, 11) is 0. The van der Waals surface area contributed by atoms with E-state index in [-0.39, 0.29) is 48.8 Å². The molecule has 2 saturated heterocycles. The molecule has 0 atom stereocenters. The SMILES string of the molecule is NC(=O)c1cc(-c2cnc(C3(F)COC3)[nH]2)ccc1OC1CCN(C(=O)Cc2ccc(OC(F)(F)F)cc2)CC1. The highest BCUT2D eigenvalue weighted by atomic mass is 19.4. The maximum Gasteiger partial charge on any atom is 0.573 e. The number of amides is 2. The molecule has 5 rings (SSSR count). The number of carbonyl (C=O) groups is 2. The van der Waals surface area contributed by atoms with Crippen LogP contribution in [0.2, 0.25) is 0 Å². The van der Waals surface area contributed by atoms with Crippen molar-refractivity contribution in [2.45, 2.75) is 37.4 Å². The van der Waals surface area contributed by atoms with Crippen LogP contribution in [-0.4, -0.2) is 65.5 Å². The maximum atomic E-state index is 14.6. The number of H-pyrrole nitrogens is 1. The number of nitrogens with zero attached hydrogens (tertiary/aromatic N) is 2. The molecule has 212 valence electrons. The fraction of sp³-hybridized carbons (Fsp3) is 0.370. The minimum absolute atomic E-state index is 0.0387. The van der Waals surface area contributed by atoms with E-state index in [2.05, 4.69) is 14.7 Å². The summed E-state index contributed by atoms with van der Waals surface area (Å²) in [4.78, 5) is 33.6. The molecule has 3 heterocycles. The normalized spacial score (nSPS) is 17.2. The van der Waals surface area contributed by atoms with Crippen LogP contribution < -0.4 is 15.2 Å². The van der Waals surface area contributed by atoms with Gasteiger partial charge in [0.05, 0.1) is 37.1 Å². The summed E-state index contributed by atoms with van der Waals surface area (Å²) >= 11 is 0. The second kappa shape index (κ2) is 10.8. The van der Waals surface area contributed by atoms with Crippen molar-refractivity contribution in [3.8, 4) is 22.8 Å². The number of aromatic nitrogens is 2. The number of hydrogen-bond acceptors (Lipinski definition) is 6. The van der Waals surface area contributed by atoms with E-state index in [0.29, 0.717) is 48.5 Å². The van der Waals surface area contributed by atoms with Crippen molar-refractivity contribution in [3.63, 3.8) is 0 Å². The molecule has 9 nitrogen and oxygen atoms in total. The molecule has 0 saturated carbocycles. The minimum Gasteiger partial charge on any atom is -0.489 e. The first-order valence-electron chi connectivity index (χ1n) is 12.5. The van der Waals surface area contributed by atoms with Crippen LogP contribution in [0.5, 0.6) is 11.5 Å². The highest BCUT2D eigenvalue weighted by Crippen LogP contribution is 2.34. The quantitative estimate of drug-likeness (QED) is 0.402. The Kier molecular flexibility index (Phi) is 7.41. The number of nitrogens with one attached hydrogen (secondary N) is 1. The van der Waals surface area contributed by atoms with Gasteiger partial charge >= 0.3 is 6.36 Å². The molecular formula is C27H26F4N4O5. The average Bonchev–Trinajstić information content (AvgIpc) is 3.39. The maximum absolute atomic E-state index is 14.6. The van der Waals surface area contributed by atoms with Crippen molar-refractivity contribution < 1.29 is 41.4 Å². The number of benzene rings is 2. The number of carbonyl (C=O) groups excluding carboxylic acids is 2. The minimum atomic E-state index is -4.78. The van der Waals surface area contributed by atoms with Crippen LogP contribution in [0.3, 0.4) is 0 Å². The first-order valence-corrected chi connectivity index (χ1v) is 12.5. The van der Waals surface area contributed by atoms with E-state index in [4.69, 9.17) is 15.2 Å². The van der Waals surface area contributed by atoms with E-state index in [1.54, 1.807) is 23.1 Å². The summed E-state index contributed by atoms with van der Waals surface area (Å²) < 4.78 is 66.4. The van der Waals surface area contributed by atoms with E-state index < -0.39 is 17.9 Å². The van der Waals surface area contributed by atoms with Gasteiger partial charge in [-0.25, -0.2) is 9.37 Å². The zero-order chi connectivity index (χ0) is 28.5. The number of ether oxygens (including phenoxy) is 3. The summed E-state index contributed by atoms with van der Waals surface area (Å²) in [5.74, 6) is -0.742. The van der Waals surface area contributed by atoms with Crippen molar-refractivity contribution in [3.05, 3.63) is 65.6 Å². The lowest BCUT2D eigenvalue weighted by molar-refractivity contribution is -0.274. The lowest BCUT2D eigenvalue weighted by Crippen LogP contribution is -2.43. The molecule has 0 radical (unpaired) electrons. The molecule has 0 aliphatic carbocycles. The van der Waals surface area contributed by atoms with Crippen LogP contribution in [0.4, 0.5) is 17.6 Å². The molecule has 0 spiro atoms. The van der Waals surface area contributed by atoms with Crippen LogP contribution in [-0.2, 0) is 21.6 Å². The van der Waals surface area contributed by atoms with E-state index in [1.165, 1.54) is 30.5 Å². The molecule has 0 unspecified atom stereocenters. The number of primary amides is 1. The van der Waals surface area contributed by atoms with Gasteiger partial charge in [-0.15, -0.1) is 13.2 Å².